The maximum Gasteiger partial charge on any atom is 0.272 e. The second-order valence-corrected chi connectivity index (χ2v) is 4.27. The van der Waals surface area contributed by atoms with Crippen molar-refractivity contribution < 1.29 is 9.47 Å². The van der Waals surface area contributed by atoms with E-state index in [2.05, 4.69) is 6.58 Å². The van der Waals surface area contributed by atoms with Gasteiger partial charge in [-0.15, -0.1) is 0 Å². The van der Waals surface area contributed by atoms with Gasteiger partial charge in [0, 0.05) is 6.42 Å². The Hall–Kier alpha value is -0.660. The van der Waals surface area contributed by atoms with Gasteiger partial charge in [0.05, 0.1) is 0 Å². The van der Waals surface area contributed by atoms with Gasteiger partial charge in [-0.25, -0.2) is 0 Å². The molecule has 1 rings (SSSR count). The summed E-state index contributed by atoms with van der Waals surface area (Å²) < 4.78 is 10.8. The van der Waals surface area contributed by atoms with Crippen LogP contribution in [0.15, 0.2) is 12.5 Å². The minimum atomic E-state index is -0.140. The molecule has 0 amide bonds. The van der Waals surface area contributed by atoms with Gasteiger partial charge in [0.2, 0.25) is 0 Å². The summed E-state index contributed by atoms with van der Waals surface area (Å²) in [6.45, 7) is 11.8. The van der Waals surface area contributed by atoms with Crippen molar-refractivity contribution in [1.82, 2.24) is 0 Å². The van der Waals surface area contributed by atoms with Gasteiger partial charge >= 0.3 is 0 Å². The molecule has 64 valence electrons. The molecule has 0 N–H and O–H groups in total. The van der Waals surface area contributed by atoms with E-state index in [1.165, 1.54) is 0 Å². The van der Waals surface area contributed by atoms with Crippen LogP contribution in [0.25, 0.3) is 0 Å². The highest BCUT2D eigenvalue weighted by Gasteiger charge is 2.37. The molecule has 2 heteroatoms. The molecule has 1 aliphatic heterocycles. The van der Waals surface area contributed by atoms with Crippen molar-refractivity contribution >= 4 is 0 Å². The van der Waals surface area contributed by atoms with Gasteiger partial charge in [-0.05, 0) is 34.3 Å². The highest BCUT2D eigenvalue weighted by atomic mass is 16.7. The Morgan fingerprint density at radius 3 is 1.73 bits per heavy atom. The molecule has 1 heterocycles. The van der Waals surface area contributed by atoms with Crippen molar-refractivity contribution in [2.45, 2.75) is 45.3 Å². The molecule has 0 radical (unpaired) electrons. The van der Waals surface area contributed by atoms with Gasteiger partial charge in [0.25, 0.3) is 5.95 Å². The van der Waals surface area contributed by atoms with E-state index in [4.69, 9.17) is 9.47 Å². The van der Waals surface area contributed by atoms with Crippen LogP contribution in [-0.4, -0.2) is 11.2 Å². The molecule has 0 saturated carbocycles. The zero-order valence-electron chi connectivity index (χ0n) is 7.73. The lowest BCUT2D eigenvalue weighted by Crippen LogP contribution is -2.42. The normalized spacial score (nSPS) is 27.1. The predicted molar refractivity (Wildman–Crippen MR) is 44.1 cm³/mol. The summed E-state index contributed by atoms with van der Waals surface area (Å²) in [4.78, 5) is 0. The third kappa shape index (κ3) is 2.14. The molecular weight excluding hydrogens is 140 g/mol. The second kappa shape index (κ2) is 2.16. The molecule has 2 nitrogen and oxygen atoms in total. The summed E-state index contributed by atoms with van der Waals surface area (Å²) in [6, 6.07) is 0. The molecule has 0 bridgehead atoms. The Labute approximate surface area is 68.2 Å². The average molecular weight is 156 g/mol. The highest BCUT2D eigenvalue weighted by Crippen LogP contribution is 2.35. The van der Waals surface area contributed by atoms with Crippen LogP contribution in [0.5, 0.6) is 0 Å². The summed E-state index contributed by atoms with van der Waals surface area (Å²) in [5, 5.41) is 0. The van der Waals surface area contributed by atoms with E-state index >= 15 is 0 Å². The lowest BCUT2D eigenvalue weighted by atomic mass is 9.91. The summed E-state index contributed by atoms with van der Waals surface area (Å²) in [7, 11) is 0. The van der Waals surface area contributed by atoms with Crippen molar-refractivity contribution in [1.29, 1.82) is 0 Å². The predicted octanol–water partition coefficient (Wildman–Crippen LogP) is 2.45. The average Bonchev–Trinajstić information content (AvgIpc) is 1.49. The maximum absolute atomic E-state index is 5.39. The van der Waals surface area contributed by atoms with Gasteiger partial charge in [-0.1, -0.05) is 0 Å². The van der Waals surface area contributed by atoms with Crippen LogP contribution in [0.4, 0.5) is 0 Å². The van der Waals surface area contributed by atoms with Crippen molar-refractivity contribution in [2.75, 3.05) is 0 Å². The van der Waals surface area contributed by atoms with Gasteiger partial charge in [-0.3, -0.25) is 0 Å². The third-order valence-electron chi connectivity index (χ3n) is 1.63. The summed E-state index contributed by atoms with van der Waals surface area (Å²) in [6.07, 6.45) is 0.888. The van der Waals surface area contributed by atoms with E-state index in [-0.39, 0.29) is 11.2 Å². The van der Waals surface area contributed by atoms with Crippen LogP contribution in [0.2, 0.25) is 0 Å². The molecule has 1 aliphatic rings. The first-order valence-corrected chi connectivity index (χ1v) is 3.88. The summed E-state index contributed by atoms with van der Waals surface area (Å²) in [5.41, 5.74) is -0.280. The quantitative estimate of drug-likeness (QED) is 0.536. The smallest absolute Gasteiger partial charge is 0.272 e. The Morgan fingerprint density at radius 2 is 1.45 bits per heavy atom. The third-order valence-corrected chi connectivity index (χ3v) is 1.63. The number of rotatable bonds is 0. The van der Waals surface area contributed by atoms with E-state index in [1.54, 1.807) is 0 Å². The Bertz CT molecular complexity index is 162. The van der Waals surface area contributed by atoms with Crippen molar-refractivity contribution in [2.24, 2.45) is 0 Å². The summed E-state index contributed by atoms with van der Waals surface area (Å²) in [5.74, 6) is 0.436. The standard InChI is InChI=1S/C9H16O2/c1-7-10-8(2,3)6-9(4,5)11-7/h1,6H2,2-5H3. The fraction of sp³-hybridized carbons (Fsp3) is 0.778. The van der Waals surface area contributed by atoms with E-state index < -0.39 is 0 Å². The molecule has 0 aromatic heterocycles. The first-order chi connectivity index (χ1) is 4.81. The van der Waals surface area contributed by atoms with Crippen molar-refractivity contribution in [3.05, 3.63) is 12.5 Å². The van der Waals surface area contributed by atoms with Crippen LogP contribution in [0.1, 0.15) is 34.1 Å². The van der Waals surface area contributed by atoms with E-state index in [0.29, 0.717) is 5.95 Å². The van der Waals surface area contributed by atoms with Gasteiger partial charge in [-0.2, -0.15) is 0 Å². The molecule has 0 atom stereocenters. The van der Waals surface area contributed by atoms with E-state index in [9.17, 15) is 0 Å². The number of hydrogen-bond acceptors (Lipinski definition) is 2. The number of hydrogen-bond donors (Lipinski definition) is 0. The Balaban J connectivity index is 2.74. The van der Waals surface area contributed by atoms with Crippen LogP contribution < -0.4 is 0 Å². The molecule has 0 unspecified atom stereocenters. The fourth-order valence-electron chi connectivity index (χ4n) is 1.73. The first kappa shape index (κ1) is 8.44. The topological polar surface area (TPSA) is 18.5 Å². The highest BCUT2D eigenvalue weighted by molar-refractivity contribution is 4.92. The van der Waals surface area contributed by atoms with Gasteiger partial charge in [0.15, 0.2) is 0 Å². The van der Waals surface area contributed by atoms with E-state index in [0.717, 1.165) is 6.42 Å². The zero-order chi connectivity index (χ0) is 8.70. The fourth-order valence-corrected chi connectivity index (χ4v) is 1.73. The largest absolute Gasteiger partial charge is 0.460 e. The van der Waals surface area contributed by atoms with Crippen LogP contribution in [0.3, 0.4) is 0 Å². The Kier molecular flexibility index (Phi) is 1.66. The zero-order valence-corrected chi connectivity index (χ0v) is 7.73. The van der Waals surface area contributed by atoms with Crippen molar-refractivity contribution in [3.8, 4) is 0 Å². The minimum Gasteiger partial charge on any atom is -0.460 e. The molecule has 11 heavy (non-hydrogen) atoms. The summed E-state index contributed by atoms with van der Waals surface area (Å²) >= 11 is 0. The molecular formula is C9H16O2. The molecule has 0 spiro atoms. The Morgan fingerprint density at radius 1 is 1.09 bits per heavy atom. The number of ether oxygens (including phenoxy) is 2. The molecule has 0 aliphatic carbocycles. The van der Waals surface area contributed by atoms with Gasteiger partial charge in [0.1, 0.15) is 11.2 Å². The molecule has 0 aromatic rings. The lowest BCUT2D eigenvalue weighted by Gasteiger charge is -2.41. The maximum atomic E-state index is 5.39. The lowest BCUT2D eigenvalue weighted by molar-refractivity contribution is -0.179. The van der Waals surface area contributed by atoms with Crippen LogP contribution in [-0.2, 0) is 9.47 Å². The molecule has 1 fully saturated rings. The second-order valence-electron chi connectivity index (χ2n) is 4.27. The first-order valence-electron chi connectivity index (χ1n) is 3.88. The van der Waals surface area contributed by atoms with Crippen molar-refractivity contribution in [3.63, 3.8) is 0 Å². The molecule has 1 saturated heterocycles. The van der Waals surface area contributed by atoms with Gasteiger partial charge < -0.3 is 9.47 Å². The minimum absolute atomic E-state index is 0.140. The van der Waals surface area contributed by atoms with Crippen LogP contribution in [0, 0.1) is 0 Å². The van der Waals surface area contributed by atoms with E-state index in [1.807, 2.05) is 27.7 Å². The van der Waals surface area contributed by atoms with Crippen LogP contribution >= 0.6 is 0 Å². The molecule has 0 aromatic carbocycles. The monoisotopic (exact) mass is 156 g/mol. The SMILES string of the molecule is C=C1OC(C)(C)CC(C)(C)O1.